The minimum atomic E-state index is -0.121. The Labute approximate surface area is 195 Å². The van der Waals surface area contributed by atoms with Gasteiger partial charge in [0.25, 0.3) is 0 Å². The summed E-state index contributed by atoms with van der Waals surface area (Å²) in [7, 11) is 0. The number of fused-ring (bicyclic) bond motifs is 3. The van der Waals surface area contributed by atoms with E-state index in [4.69, 9.17) is 4.74 Å². The Morgan fingerprint density at radius 1 is 1.06 bits per heavy atom. The van der Waals surface area contributed by atoms with Crippen LogP contribution in [0, 0.1) is 12.8 Å². The normalized spacial score (nSPS) is 26.7. The predicted octanol–water partition coefficient (Wildman–Crippen LogP) is 4.01. The molecule has 2 aliphatic heterocycles. The summed E-state index contributed by atoms with van der Waals surface area (Å²) in [5.41, 5.74) is 6.29. The number of carbonyl (C=O) groups is 2. The fraction of sp³-hybridized carbons (Fsp3) is 0.462. The predicted molar refractivity (Wildman–Crippen MR) is 126 cm³/mol. The number of hydrogen-bond acceptors (Lipinski definition) is 5. The molecule has 2 amide bonds. The minimum absolute atomic E-state index is 0.0450. The van der Waals surface area contributed by atoms with Crippen LogP contribution in [0.3, 0.4) is 0 Å². The van der Waals surface area contributed by atoms with E-state index < -0.39 is 0 Å². The van der Waals surface area contributed by atoms with Crippen molar-refractivity contribution in [1.82, 2.24) is 20.7 Å². The molecule has 4 unspecified atom stereocenters. The number of hydrogen-bond donors (Lipinski definition) is 2. The Kier molecular flexibility index (Phi) is 6.08. The van der Waals surface area contributed by atoms with Crippen molar-refractivity contribution < 1.29 is 14.3 Å². The van der Waals surface area contributed by atoms with Gasteiger partial charge in [0.2, 0.25) is 0 Å². The SMILES string of the molecule is CCOc1ccc(C(=O)CN2C(=O)N3NC(c4ccc(C)cc4)NC3C3CCCCC32)cc1. The van der Waals surface area contributed by atoms with Gasteiger partial charge < -0.3 is 9.64 Å². The molecule has 2 aromatic carbocycles. The maximum Gasteiger partial charge on any atom is 0.336 e. The summed E-state index contributed by atoms with van der Waals surface area (Å²) in [6, 6.07) is 15.5. The molecule has 0 spiro atoms. The zero-order valence-electron chi connectivity index (χ0n) is 19.3. The zero-order valence-corrected chi connectivity index (χ0v) is 19.3. The molecule has 7 nitrogen and oxygen atoms in total. The van der Waals surface area contributed by atoms with Gasteiger partial charge in [-0.3, -0.25) is 10.1 Å². The van der Waals surface area contributed by atoms with Crippen LogP contribution >= 0.6 is 0 Å². The Balaban J connectivity index is 1.35. The molecule has 3 fully saturated rings. The molecule has 2 aromatic rings. The summed E-state index contributed by atoms with van der Waals surface area (Å²) >= 11 is 0. The monoisotopic (exact) mass is 448 g/mol. The maximum absolute atomic E-state index is 13.6. The second kappa shape index (κ2) is 9.15. The highest BCUT2D eigenvalue weighted by molar-refractivity contribution is 5.99. The largest absolute Gasteiger partial charge is 0.494 e. The van der Waals surface area contributed by atoms with E-state index in [0.29, 0.717) is 12.2 Å². The molecule has 0 radical (unpaired) electrons. The first-order chi connectivity index (χ1) is 16.0. The van der Waals surface area contributed by atoms with E-state index in [2.05, 4.69) is 41.9 Å². The highest BCUT2D eigenvalue weighted by Crippen LogP contribution is 2.39. The zero-order chi connectivity index (χ0) is 22.9. The number of Topliss-reactive ketones (excluding diaryl/α,β-unsaturated/α-hetero) is 1. The molecule has 2 heterocycles. The van der Waals surface area contributed by atoms with Crippen LogP contribution in [0.4, 0.5) is 4.79 Å². The lowest BCUT2D eigenvalue weighted by molar-refractivity contribution is 0.00126. The van der Waals surface area contributed by atoms with Crippen molar-refractivity contribution in [1.29, 1.82) is 0 Å². The molecule has 1 aliphatic carbocycles. The average Bonchev–Trinajstić information content (AvgIpc) is 3.29. The number of urea groups is 1. The van der Waals surface area contributed by atoms with Crippen LogP contribution in [0.15, 0.2) is 48.5 Å². The Morgan fingerprint density at radius 3 is 2.52 bits per heavy atom. The van der Waals surface area contributed by atoms with E-state index in [1.54, 1.807) is 22.0 Å². The van der Waals surface area contributed by atoms with E-state index in [1.165, 1.54) is 5.56 Å². The number of carbonyl (C=O) groups excluding carboxylic acids is 2. The number of ether oxygens (including phenoxy) is 1. The summed E-state index contributed by atoms with van der Waals surface area (Å²) in [4.78, 5) is 28.5. The van der Waals surface area contributed by atoms with E-state index >= 15 is 0 Å². The summed E-state index contributed by atoms with van der Waals surface area (Å²) < 4.78 is 5.48. The van der Waals surface area contributed by atoms with E-state index in [0.717, 1.165) is 37.0 Å². The number of aryl methyl sites for hydroxylation is 1. The lowest BCUT2D eigenvalue weighted by Crippen LogP contribution is -2.66. The number of rotatable bonds is 6. The summed E-state index contributed by atoms with van der Waals surface area (Å²) in [6.07, 6.45) is 4.03. The van der Waals surface area contributed by atoms with Gasteiger partial charge >= 0.3 is 6.03 Å². The number of hydrazine groups is 1. The fourth-order valence-corrected chi connectivity index (χ4v) is 5.43. The van der Waals surface area contributed by atoms with Crippen LogP contribution in [0.25, 0.3) is 0 Å². The van der Waals surface area contributed by atoms with Gasteiger partial charge in [0.05, 0.1) is 13.2 Å². The van der Waals surface area contributed by atoms with E-state index in [-0.39, 0.29) is 42.7 Å². The number of benzene rings is 2. The standard InChI is InChI=1S/C26H32N4O3/c1-3-33-20-14-12-18(13-15-20)23(31)16-29-22-7-5-4-6-21(22)25-27-24(28-30(25)26(29)32)19-10-8-17(2)9-11-19/h8-15,21-22,24-25,27-28H,3-7,16H2,1-2H3. The van der Waals surface area contributed by atoms with Crippen molar-refractivity contribution in [3.05, 3.63) is 65.2 Å². The molecular weight excluding hydrogens is 416 g/mol. The van der Waals surface area contributed by atoms with Gasteiger partial charge in [-0.2, -0.15) is 0 Å². The maximum atomic E-state index is 13.6. The smallest absolute Gasteiger partial charge is 0.336 e. The number of ketones is 1. The molecule has 174 valence electrons. The highest BCUT2D eigenvalue weighted by Gasteiger charge is 2.51. The van der Waals surface area contributed by atoms with Crippen molar-refractivity contribution in [2.75, 3.05) is 13.2 Å². The summed E-state index contributed by atoms with van der Waals surface area (Å²) in [5.74, 6) is 0.983. The van der Waals surface area contributed by atoms with Crippen LogP contribution in [-0.2, 0) is 0 Å². The van der Waals surface area contributed by atoms with E-state index in [9.17, 15) is 9.59 Å². The second-order valence-electron chi connectivity index (χ2n) is 9.26. The van der Waals surface area contributed by atoms with Crippen molar-refractivity contribution in [3.8, 4) is 5.75 Å². The second-order valence-corrected chi connectivity index (χ2v) is 9.26. The van der Waals surface area contributed by atoms with Gasteiger partial charge in [0, 0.05) is 17.5 Å². The van der Waals surface area contributed by atoms with Gasteiger partial charge in [-0.05, 0) is 56.5 Å². The average molecular weight is 449 g/mol. The fourth-order valence-electron chi connectivity index (χ4n) is 5.43. The molecular formula is C26H32N4O3. The quantitative estimate of drug-likeness (QED) is 0.654. The first-order valence-corrected chi connectivity index (χ1v) is 12.0. The first kappa shape index (κ1) is 21.9. The first-order valence-electron chi connectivity index (χ1n) is 12.0. The number of nitrogens with one attached hydrogen (secondary N) is 2. The topological polar surface area (TPSA) is 73.9 Å². The molecule has 33 heavy (non-hydrogen) atoms. The third-order valence-corrected chi connectivity index (χ3v) is 7.13. The third-order valence-electron chi connectivity index (χ3n) is 7.13. The van der Waals surface area contributed by atoms with Crippen LogP contribution in [-0.4, -0.2) is 47.1 Å². The minimum Gasteiger partial charge on any atom is -0.494 e. The summed E-state index contributed by atoms with van der Waals surface area (Å²) in [6.45, 7) is 4.67. The lowest BCUT2D eigenvalue weighted by atomic mass is 9.80. The Bertz CT molecular complexity index is 1010. The molecule has 2 saturated heterocycles. The summed E-state index contributed by atoms with van der Waals surface area (Å²) in [5, 5.41) is 5.38. The Hall–Kier alpha value is -2.90. The van der Waals surface area contributed by atoms with Crippen LogP contribution in [0.2, 0.25) is 0 Å². The number of amides is 2. The lowest BCUT2D eigenvalue weighted by Gasteiger charge is -2.49. The Morgan fingerprint density at radius 2 is 1.79 bits per heavy atom. The van der Waals surface area contributed by atoms with Crippen molar-refractivity contribution in [2.45, 2.75) is 57.9 Å². The molecule has 4 atom stereocenters. The van der Waals surface area contributed by atoms with E-state index in [1.807, 2.05) is 19.1 Å². The van der Waals surface area contributed by atoms with Gasteiger partial charge in [-0.15, -0.1) is 0 Å². The van der Waals surface area contributed by atoms with Crippen molar-refractivity contribution >= 4 is 11.8 Å². The molecule has 5 rings (SSSR count). The van der Waals surface area contributed by atoms with Gasteiger partial charge in [0.15, 0.2) is 5.78 Å². The molecule has 2 N–H and O–H groups in total. The third kappa shape index (κ3) is 4.23. The van der Waals surface area contributed by atoms with Crippen molar-refractivity contribution in [3.63, 3.8) is 0 Å². The highest BCUT2D eigenvalue weighted by atomic mass is 16.5. The van der Waals surface area contributed by atoms with Gasteiger partial charge in [-0.1, -0.05) is 42.7 Å². The van der Waals surface area contributed by atoms with Gasteiger partial charge in [-0.25, -0.2) is 15.2 Å². The molecule has 1 saturated carbocycles. The van der Waals surface area contributed by atoms with Crippen LogP contribution < -0.4 is 15.5 Å². The van der Waals surface area contributed by atoms with Crippen LogP contribution in [0.1, 0.15) is 60.3 Å². The molecule has 3 aliphatic rings. The van der Waals surface area contributed by atoms with Crippen molar-refractivity contribution in [2.24, 2.45) is 5.92 Å². The van der Waals surface area contributed by atoms with Gasteiger partial charge in [0.1, 0.15) is 18.1 Å². The molecule has 0 bridgehead atoms. The number of nitrogens with zero attached hydrogens (tertiary/aromatic N) is 2. The molecule has 0 aromatic heterocycles. The molecule has 7 heteroatoms. The van der Waals surface area contributed by atoms with Crippen LogP contribution in [0.5, 0.6) is 5.75 Å².